The second-order valence-corrected chi connectivity index (χ2v) is 10.5. The van der Waals surface area contributed by atoms with Crippen LogP contribution in [0.15, 0.2) is 77.4 Å². The van der Waals surface area contributed by atoms with E-state index in [1.54, 1.807) is 21.7 Å². The summed E-state index contributed by atoms with van der Waals surface area (Å²) in [6, 6.07) is 20.2. The van der Waals surface area contributed by atoms with E-state index < -0.39 is 6.23 Å². The number of hydrogen-bond donors (Lipinski definition) is 0. The molecule has 0 radical (unpaired) electrons. The average Bonchev–Trinajstić information content (AvgIpc) is 3.20. The summed E-state index contributed by atoms with van der Waals surface area (Å²) in [7, 11) is 0.789. The van der Waals surface area contributed by atoms with Gasteiger partial charge in [0.25, 0.3) is 5.91 Å². The van der Waals surface area contributed by atoms with Crippen LogP contribution in [0.3, 0.4) is 0 Å². The first-order valence-corrected chi connectivity index (χ1v) is 14.0. The van der Waals surface area contributed by atoms with Crippen LogP contribution in [-0.4, -0.2) is 33.7 Å². The lowest BCUT2D eigenvalue weighted by Gasteiger charge is -2.23. The van der Waals surface area contributed by atoms with Crippen molar-refractivity contribution in [1.82, 2.24) is 14.7 Å². The number of rotatable bonds is 7. The number of halogens is 2. The van der Waals surface area contributed by atoms with Crippen LogP contribution in [0.25, 0.3) is 16.9 Å². The van der Waals surface area contributed by atoms with Crippen LogP contribution >= 0.6 is 23.4 Å². The largest absolute Gasteiger partial charge is 0.344 e. The minimum Gasteiger partial charge on any atom is -0.344 e. The van der Waals surface area contributed by atoms with Gasteiger partial charge in [0.2, 0.25) is 0 Å². The first-order chi connectivity index (χ1) is 17.5. The fraction of sp³-hybridized carbons (Fsp3) is 0.154. The van der Waals surface area contributed by atoms with Crippen molar-refractivity contribution in [3.05, 3.63) is 94.3 Å². The van der Waals surface area contributed by atoms with Crippen LogP contribution in [0.1, 0.15) is 17.4 Å². The second-order valence-electron chi connectivity index (χ2n) is 8.58. The summed E-state index contributed by atoms with van der Waals surface area (Å²) >= 11 is 8.59. The zero-order valence-corrected chi connectivity index (χ0v) is 22.1. The molecule has 0 bridgehead atoms. The van der Waals surface area contributed by atoms with E-state index in [1.807, 2.05) is 30.5 Å². The minimum atomic E-state index is -0.590. The number of anilines is 2. The number of fused-ring (bicyclic) bond motifs is 1. The smallest absolute Gasteiger partial charge is 0.250 e. The van der Waals surface area contributed by atoms with Crippen molar-refractivity contribution in [2.75, 3.05) is 17.8 Å². The average molecular weight is 581 g/mol. The van der Waals surface area contributed by atoms with E-state index in [4.69, 9.17) is 21.6 Å². The van der Waals surface area contributed by atoms with Crippen LogP contribution in [0.2, 0.25) is 0 Å². The first kappa shape index (κ1) is 23.4. The van der Waals surface area contributed by atoms with E-state index in [2.05, 4.69) is 38.8 Å². The normalized spacial score (nSPS) is 16.6. The van der Waals surface area contributed by atoms with Crippen molar-refractivity contribution in [2.24, 2.45) is 0 Å². The molecule has 0 aliphatic carbocycles. The summed E-state index contributed by atoms with van der Waals surface area (Å²) in [4.78, 5) is 14.6. The van der Waals surface area contributed by atoms with Gasteiger partial charge in [-0.15, -0.1) is 0 Å². The van der Waals surface area contributed by atoms with Crippen molar-refractivity contribution in [1.29, 1.82) is 0 Å². The lowest BCUT2D eigenvalue weighted by atomic mass is 10.1. The zero-order valence-electron chi connectivity index (χ0n) is 18.8. The molecule has 1 saturated heterocycles. The Morgan fingerprint density at radius 3 is 2.61 bits per heavy atom. The monoisotopic (exact) mass is 580 g/mol. The molecule has 1 atom stereocenters. The Kier molecular flexibility index (Phi) is 6.17. The molecule has 6 nitrogen and oxygen atoms in total. The molecule has 180 valence electrons. The van der Waals surface area contributed by atoms with Crippen molar-refractivity contribution < 1.29 is 13.9 Å². The number of amides is 1. The number of nitrogens with zero attached hydrogens (tertiary/aromatic N) is 4. The van der Waals surface area contributed by atoms with E-state index in [9.17, 15) is 9.18 Å². The van der Waals surface area contributed by atoms with Crippen LogP contribution in [0.4, 0.5) is 15.8 Å². The zero-order chi connectivity index (χ0) is 24.8. The lowest BCUT2D eigenvalue weighted by molar-refractivity contribution is -0.128. The molecule has 36 heavy (non-hydrogen) atoms. The highest BCUT2D eigenvalue weighted by atomic mass is 79.9. The molecule has 4 aromatic rings. The van der Waals surface area contributed by atoms with Crippen molar-refractivity contribution in [2.45, 2.75) is 12.6 Å². The predicted molar refractivity (Wildman–Crippen MR) is 144 cm³/mol. The first-order valence-electron chi connectivity index (χ1n) is 11.3. The molecular formula is C26H19BrFN4O2PS. The third kappa shape index (κ3) is 4.37. The predicted octanol–water partition coefficient (Wildman–Crippen LogP) is 6.32. The maximum atomic E-state index is 13.6. The number of carbonyl (C=O) groups excluding carboxylic acids is 1. The van der Waals surface area contributed by atoms with Gasteiger partial charge in [-0.25, -0.2) is 9.07 Å². The Morgan fingerprint density at radius 1 is 1.08 bits per heavy atom. The van der Waals surface area contributed by atoms with E-state index in [1.165, 1.54) is 12.1 Å². The molecule has 3 heterocycles. The van der Waals surface area contributed by atoms with Gasteiger partial charge in [0.05, 0.1) is 24.6 Å². The molecule has 1 aromatic heterocycles. The summed E-state index contributed by atoms with van der Waals surface area (Å²) in [5.41, 5.74) is 6.47. The highest BCUT2D eigenvalue weighted by Crippen LogP contribution is 2.52. The Bertz CT molecular complexity index is 1480. The highest BCUT2D eigenvalue weighted by molar-refractivity contribution is 9.10. The molecular weight excluding hydrogens is 562 g/mol. The van der Waals surface area contributed by atoms with Crippen LogP contribution in [0.5, 0.6) is 0 Å². The van der Waals surface area contributed by atoms with Gasteiger partial charge in [0.1, 0.15) is 18.1 Å². The third-order valence-electron chi connectivity index (χ3n) is 6.35. The minimum absolute atomic E-state index is 0.00375. The van der Waals surface area contributed by atoms with E-state index in [0.717, 1.165) is 45.7 Å². The molecule has 0 saturated carbocycles. The maximum absolute atomic E-state index is 13.6. The van der Waals surface area contributed by atoms with Crippen LogP contribution in [0, 0.1) is 5.82 Å². The van der Waals surface area contributed by atoms with Crippen molar-refractivity contribution in [3.8, 4) is 16.9 Å². The molecule has 1 amide bonds. The molecule has 2 aliphatic heterocycles. The third-order valence-corrected chi connectivity index (χ3v) is 7.97. The fourth-order valence-electron chi connectivity index (χ4n) is 4.46. The topological polar surface area (TPSA) is 50.4 Å². The van der Waals surface area contributed by atoms with Gasteiger partial charge in [-0.1, -0.05) is 22.0 Å². The van der Waals surface area contributed by atoms with Gasteiger partial charge >= 0.3 is 0 Å². The number of carbonyl (C=O) groups is 1. The van der Waals surface area contributed by atoms with Gasteiger partial charge in [-0.2, -0.15) is 5.10 Å². The Morgan fingerprint density at radius 2 is 1.86 bits per heavy atom. The van der Waals surface area contributed by atoms with Crippen LogP contribution < -0.4 is 4.67 Å². The van der Waals surface area contributed by atoms with Gasteiger partial charge in [0, 0.05) is 28.3 Å². The van der Waals surface area contributed by atoms with Crippen molar-refractivity contribution >= 4 is 52.5 Å². The molecule has 1 fully saturated rings. The lowest BCUT2D eigenvalue weighted by Crippen LogP contribution is -2.30. The van der Waals surface area contributed by atoms with E-state index >= 15 is 0 Å². The standard InChI is InChI=1S/C26H19BrFN4O2PS/c27-18-4-8-20(9-5-18)31-14-21(25(29-31)17-2-6-19(28)7-3-17)26-30(24(33)15-34-26)12-11-16-1-10-22-23(13-16)32(22)35-36/h1-10,13-14,26H,11-12,15H2. The van der Waals surface area contributed by atoms with Crippen LogP contribution in [-0.2, 0) is 27.8 Å². The van der Waals surface area contributed by atoms with Gasteiger partial charge < -0.3 is 9.64 Å². The van der Waals surface area contributed by atoms with Gasteiger partial charge in [-0.3, -0.25) is 9.46 Å². The number of hydrogen-bond acceptors (Lipinski definition) is 4. The number of aromatic nitrogens is 2. The highest BCUT2D eigenvalue weighted by Gasteiger charge is 2.36. The summed E-state index contributed by atoms with van der Waals surface area (Å²) in [6.45, 7) is 0.504. The van der Waals surface area contributed by atoms with E-state index in [0.29, 0.717) is 18.7 Å². The summed E-state index contributed by atoms with van der Waals surface area (Å²) in [5, 5.41) is 4.81. The molecule has 6 rings (SSSR count). The number of benzene rings is 3. The summed E-state index contributed by atoms with van der Waals surface area (Å²) < 4.78 is 24.4. The summed E-state index contributed by atoms with van der Waals surface area (Å²) in [6.07, 6.45) is 1.99. The Hall–Kier alpha value is -2.97. The molecule has 0 spiro atoms. The molecule has 1 unspecified atom stereocenters. The SMILES string of the molecule is O=C1COC(c2cn(-c3ccc(Br)cc3)nc2-c2ccc(F)cc2)N1CCc1ccc2c(c1)N2P=S. The fourth-order valence-corrected chi connectivity index (χ4v) is 5.71. The molecule has 2 aliphatic rings. The van der Waals surface area contributed by atoms with Gasteiger partial charge in [0.15, 0.2) is 6.23 Å². The molecule has 10 heteroatoms. The summed E-state index contributed by atoms with van der Waals surface area (Å²) in [5.74, 6) is -0.391. The maximum Gasteiger partial charge on any atom is 0.250 e. The quantitative estimate of drug-likeness (QED) is 0.189. The molecule has 0 N–H and O–H groups in total. The Labute approximate surface area is 222 Å². The Balaban J connectivity index is 1.32. The van der Waals surface area contributed by atoms with E-state index in [-0.39, 0.29) is 18.3 Å². The number of ether oxygens (including phenoxy) is 1. The second kappa shape index (κ2) is 9.48. The molecule has 3 aromatic carbocycles. The van der Waals surface area contributed by atoms with Gasteiger partial charge in [-0.05, 0) is 84.5 Å². The van der Waals surface area contributed by atoms with Crippen molar-refractivity contribution in [3.63, 3.8) is 0 Å².